The molecule has 1 aromatic rings. The Kier molecular flexibility index (Phi) is 5.25. The summed E-state index contributed by atoms with van der Waals surface area (Å²) in [7, 11) is 0. The molecule has 126 valence electrons. The van der Waals surface area contributed by atoms with Crippen molar-refractivity contribution in [2.24, 2.45) is 0 Å². The van der Waals surface area contributed by atoms with Gasteiger partial charge in [0.15, 0.2) is 0 Å². The van der Waals surface area contributed by atoms with Gasteiger partial charge in [-0.05, 0) is 30.5 Å². The van der Waals surface area contributed by atoms with Crippen LogP contribution in [0.3, 0.4) is 0 Å². The van der Waals surface area contributed by atoms with Crippen molar-refractivity contribution in [2.75, 3.05) is 39.3 Å². The number of carbonyl (C=O) groups is 1. The van der Waals surface area contributed by atoms with Crippen molar-refractivity contribution >= 4 is 5.91 Å². The first-order chi connectivity index (χ1) is 11.1. The zero-order valence-electron chi connectivity index (χ0n) is 13.2. The van der Waals surface area contributed by atoms with E-state index >= 15 is 0 Å². The van der Waals surface area contributed by atoms with Crippen molar-refractivity contribution in [1.29, 1.82) is 0 Å². The third-order valence-electron chi connectivity index (χ3n) is 4.58. The fourth-order valence-corrected chi connectivity index (χ4v) is 3.16. The highest BCUT2D eigenvalue weighted by Crippen LogP contribution is 2.18. The second-order valence-corrected chi connectivity index (χ2v) is 6.19. The molecule has 0 radical (unpaired) electrons. The number of hydrogen-bond donors (Lipinski definition) is 1. The molecule has 23 heavy (non-hydrogen) atoms. The molecule has 2 aliphatic rings. The Morgan fingerprint density at radius 3 is 2.57 bits per heavy atom. The Morgan fingerprint density at radius 2 is 1.96 bits per heavy atom. The van der Waals surface area contributed by atoms with Crippen molar-refractivity contribution in [3.8, 4) is 0 Å². The third kappa shape index (κ3) is 4.07. The number of nitrogens with zero attached hydrogens (tertiary/aromatic N) is 2. The van der Waals surface area contributed by atoms with E-state index in [4.69, 9.17) is 4.74 Å². The van der Waals surface area contributed by atoms with E-state index in [9.17, 15) is 14.3 Å². The molecule has 2 fully saturated rings. The number of ether oxygens (including phenoxy) is 1. The predicted octanol–water partition coefficient (Wildman–Crippen LogP) is 1.18. The van der Waals surface area contributed by atoms with Gasteiger partial charge in [-0.1, -0.05) is 12.1 Å². The summed E-state index contributed by atoms with van der Waals surface area (Å²) >= 11 is 0. The summed E-state index contributed by atoms with van der Waals surface area (Å²) < 4.78 is 18.4. The number of aliphatic hydroxyl groups is 1. The van der Waals surface area contributed by atoms with E-state index in [1.165, 1.54) is 12.1 Å². The number of carbonyl (C=O) groups excluding carboxylic acids is 1. The standard InChI is InChI=1S/C17H23FN2O3/c18-14-5-3-13(4-6-14)15(21)12-19-7-9-20(10-8-19)17(22)16-2-1-11-23-16/h3-6,15-16,21H,1-2,7-12H2/t15-,16+/m0/s1. The van der Waals surface area contributed by atoms with E-state index in [1.54, 1.807) is 12.1 Å². The van der Waals surface area contributed by atoms with Gasteiger partial charge in [0.05, 0.1) is 6.10 Å². The van der Waals surface area contributed by atoms with E-state index in [0.29, 0.717) is 31.8 Å². The number of halogens is 1. The van der Waals surface area contributed by atoms with E-state index < -0.39 is 6.10 Å². The quantitative estimate of drug-likeness (QED) is 0.904. The lowest BCUT2D eigenvalue weighted by Gasteiger charge is -2.36. The van der Waals surface area contributed by atoms with Gasteiger partial charge >= 0.3 is 0 Å². The van der Waals surface area contributed by atoms with Crippen LogP contribution >= 0.6 is 0 Å². The molecule has 0 spiro atoms. The summed E-state index contributed by atoms with van der Waals surface area (Å²) in [5, 5.41) is 10.2. The molecule has 2 atom stereocenters. The van der Waals surface area contributed by atoms with Crippen LogP contribution in [0.2, 0.25) is 0 Å². The molecule has 3 rings (SSSR count). The summed E-state index contributed by atoms with van der Waals surface area (Å²) in [4.78, 5) is 16.3. The number of benzene rings is 1. The lowest BCUT2D eigenvalue weighted by molar-refractivity contribution is -0.142. The maximum absolute atomic E-state index is 12.9. The second-order valence-electron chi connectivity index (χ2n) is 6.19. The molecular weight excluding hydrogens is 299 g/mol. The van der Waals surface area contributed by atoms with Crippen LogP contribution in [0.5, 0.6) is 0 Å². The summed E-state index contributed by atoms with van der Waals surface area (Å²) in [6.45, 7) is 3.96. The van der Waals surface area contributed by atoms with Gasteiger partial charge in [0, 0.05) is 39.3 Å². The average molecular weight is 322 g/mol. The normalized spacial score (nSPS) is 23.9. The van der Waals surface area contributed by atoms with Gasteiger partial charge in [0.25, 0.3) is 5.91 Å². The summed E-state index contributed by atoms with van der Waals surface area (Å²) in [5.41, 5.74) is 0.712. The van der Waals surface area contributed by atoms with E-state index in [1.807, 2.05) is 4.90 Å². The Bertz CT molecular complexity index is 523. The molecule has 2 heterocycles. The molecule has 2 saturated heterocycles. The Labute approximate surface area is 135 Å². The minimum Gasteiger partial charge on any atom is -0.387 e. The highest BCUT2D eigenvalue weighted by atomic mass is 19.1. The first kappa shape index (κ1) is 16.4. The number of hydrogen-bond acceptors (Lipinski definition) is 4. The number of piperazine rings is 1. The first-order valence-corrected chi connectivity index (χ1v) is 8.20. The predicted molar refractivity (Wildman–Crippen MR) is 83.4 cm³/mol. The molecule has 0 aliphatic carbocycles. The van der Waals surface area contributed by atoms with Gasteiger partial charge in [-0.15, -0.1) is 0 Å². The van der Waals surface area contributed by atoms with Crippen molar-refractivity contribution in [1.82, 2.24) is 9.80 Å². The Hall–Kier alpha value is -1.50. The van der Waals surface area contributed by atoms with Crippen molar-refractivity contribution in [3.05, 3.63) is 35.6 Å². The van der Waals surface area contributed by atoms with Gasteiger partial charge in [-0.2, -0.15) is 0 Å². The van der Waals surface area contributed by atoms with Crippen LogP contribution in [-0.2, 0) is 9.53 Å². The molecule has 0 unspecified atom stereocenters. The molecule has 1 N–H and O–H groups in total. The number of rotatable bonds is 4. The minimum atomic E-state index is -0.643. The van der Waals surface area contributed by atoms with Gasteiger partial charge in [-0.25, -0.2) is 4.39 Å². The lowest BCUT2D eigenvalue weighted by atomic mass is 10.1. The first-order valence-electron chi connectivity index (χ1n) is 8.20. The third-order valence-corrected chi connectivity index (χ3v) is 4.58. The van der Waals surface area contributed by atoms with Crippen LogP contribution in [0, 0.1) is 5.82 Å². The van der Waals surface area contributed by atoms with Crippen LogP contribution in [0.15, 0.2) is 24.3 Å². The SMILES string of the molecule is O=C([C@H]1CCCO1)N1CCN(C[C@H](O)c2ccc(F)cc2)CC1. The average Bonchev–Trinajstić information content (AvgIpc) is 3.10. The topological polar surface area (TPSA) is 53.0 Å². The van der Waals surface area contributed by atoms with E-state index in [0.717, 1.165) is 25.9 Å². The number of amides is 1. The second kappa shape index (κ2) is 7.38. The highest BCUT2D eigenvalue weighted by Gasteiger charge is 2.30. The molecule has 1 amide bonds. The monoisotopic (exact) mass is 322 g/mol. The van der Waals surface area contributed by atoms with Crippen LogP contribution in [0.1, 0.15) is 24.5 Å². The molecule has 6 heteroatoms. The fraction of sp³-hybridized carbons (Fsp3) is 0.588. The molecule has 5 nitrogen and oxygen atoms in total. The molecule has 2 aliphatic heterocycles. The summed E-state index contributed by atoms with van der Waals surface area (Å²) in [6.07, 6.45) is 0.880. The van der Waals surface area contributed by atoms with Crippen molar-refractivity contribution in [2.45, 2.75) is 25.0 Å². The van der Waals surface area contributed by atoms with Gasteiger partial charge < -0.3 is 14.7 Å². The van der Waals surface area contributed by atoms with Crippen LogP contribution in [0.4, 0.5) is 4.39 Å². The largest absolute Gasteiger partial charge is 0.387 e. The smallest absolute Gasteiger partial charge is 0.251 e. The maximum Gasteiger partial charge on any atom is 0.251 e. The van der Waals surface area contributed by atoms with Crippen LogP contribution < -0.4 is 0 Å². The number of aliphatic hydroxyl groups excluding tert-OH is 1. The molecule has 1 aromatic carbocycles. The summed E-state index contributed by atoms with van der Waals surface area (Å²) in [5.74, 6) is -0.205. The fourth-order valence-electron chi connectivity index (χ4n) is 3.16. The van der Waals surface area contributed by atoms with Gasteiger partial charge in [0.2, 0.25) is 0 Å². The van der Waals surface area contributed by atoms with E-state index in [-0.39, 0.29) is 17.8 Å². The van der Waals surface area contributed by atoms with Crippen molar-refractivity contribution in [3.63, 3.8) is 0 Å². The Morgan fingerprint density at radius 1 is 1.26 bits per heavy atom. The number of β-amino-alcohol motifs (C(OH)–C–C–N with tert-alkyl or cyclic N) is 1. The zero-order valence-corrected chi connectivity index (χ0v) is 13.2. The summed E-state index contributed by atoms with van der Waals surface area (Å²) in [6, 6.07) is 5.93. The lowest BCUT2D eigenvalue weighted by Crippen LogP contribution is -2.52. The Balaban J connectivity index is 1.47. The zero-order chi connectivity index (χ0) is 16.2. The maximum atomic E-state index is 12.9. The molecular formula is C17H23FN2O3. The van der Waals surface area contributed by atoms with Crippen LogP contribution in [0.25, 0.3) is 0 Å². The minimum absolute atomic E-state index is 0.0984. The highest BCUT2D eigenvalue weighted by molar-refractivity contribution is 5.81. The van der Waals surface area contributed by atoms with Gasteiger partial charge in [0.1, 0.15) is 11.9 Å². The molecule has 0 bridgehead atoms. The van der Waals surface area contributed by atoms with Crippen molar-refractivity contribution < 1.29 is 19.0 Å². The van der Waals surface area contributed by atoms with E-state index in [2.05, 4.69) is 4.90 Å². The molecule has 0 saturated carbocycles. The van der Waals surface area contributed by atoms with Crippen LogP contribution in [-0.4, -0.2) is 66.2 Å². The van der Waals surface area contributed by atoms with Gasteiger partial charge in [-0.3, -0.25) is 9.69 Å². The molecule has 0 aromatic heterocycles.